The van der Waals surface area contributed by atoms with Crippen molar-refractivity contribution in [3.8, 4) is 5.75 Å². The van der Waals surface area contributed by atoms with Gasteiger partial charge in [-0.25, -0.2) is 0 Å². The van der Waals surface area contributed by atoms with Gasteiger partial charge in [0.25, 0.3) is 0 Å². The predicted molar refractivity (Wildman–Crippen MR) is 65.8 cm³/mol. The van der Waals surface area contributed by atoms with Crippen molar-refractivity contribution in [2.45, 2.75) is 25.8 Å². The van der Waals surface area contributed by atoms with Gasteiger partial charge in [-0.1, -0.05) is 12.1 Å². The average molecular weight is 237 g/mol. The molecule has 0 bridgehead atoms. The molecule has 0 radical (unpaired) electrons. The van der Waals surface area contributed by atoms with E-state index in [2.05, 4.69) is 4.74 Å². The van der Waals surface area contributed by atoms with Gasteiger partial charge in [-0.2, -0.15) is 0 Å². The van der Waals surface area contributed by atoms with Gasteiger partial charge in [0, 0.05) is 12.5 Å². The maximum absolute atomic E-state index is 10.9. The molecule has 1 unspecified atom stereocenters. The van der Waals surface area contributed by atoms with Crippen LogP contribution in [0.5, 0.6) is 5.75 Å². The molecule has 0 amide bonds. The first-order valence-electron chi connectivity index (χ1n) is 5.68. The van der Waals surface area contributed by atoms with Gasteiger partial charge < -0.3 is 15.2 Å². The number of ether oxygens (including phenoxy) is 2. The van der Waals surface area contributed by atoms with Crippen molar-refractivity contribution in [2.75, 3.05) is 13.7 Å². The fourth-order valence-corrected chi connectivity index (χ4v) is 1.38. The van der Waals surface area contributed by atoms with Crippen molar-refractivity contribution < 1.29 is 14.3 Å². The zero-order valence-corrected chi connectivity index (χ0v) is 10.3. The first-order chi connectivity index (χ1) is 8.13. The Morgan fingerprint density at radius 1 is 1.35 bits per heavy atom. The second-order valence-electron chi connectivity index (χ2n) is 3.89. The van der Waals surface area contributed by atoms with E-state index >= 15 is 0 Å². The average Bonchev–Trinajstić information content (AvgIpc) is 2.34. The van der Waals surface area contributed by atoms with Crippen molar-refractivity contribution in [1.29, 1.82) is 0 Å². The molecule has 2 N–H and O–H groups in total. The van der Waals surface area contributed by atoms with Gasteiger partial charge in [-0.15, -0.1) is 0 Å². The lowest BCUT2D eigenvalue weighted by Gasteiger charge is -2.08. The Labute approximate surface area is 102 Å². The summed E-state index contributed by atoms with van der Waals surface area (Å²) < 4.78 is 10.0. The van der Waals surface area contributed by atoms with Crippen LogP contribution in [0.2, 0.25) is 0 Å². The molecule has 0 saturated heterocycles. The highest BCUT2D eigenvalue weighted by Crippen LogP contribution is 2.16. The maximum atomic E-state index is 10.9. The molecule has 0 aliphatic heterocycles. The third kappa shape index (κ3) is 4.87. The number of hydrogen-bond acceptors (Lipinski definition) is 4. The minimum atomic E-state index is -0.207. The quantitative estimate of drug-likeness (QED) is 0.607. The number of esters is 1. The predicted octanol–water partition coefficient (Wildman–Crippen LogP) is 2.04. The fourth-order valence-electron chi connectivity index (χ4n) is 1.38. The van der Waals surface area contributed by atoms with Crippen LogP contribution in [0.3, 0.4) is 0 Å². The first-order valence-corrected chi connectivity index (χ1v) is 5.68. The molecule has 0 heterocycles. The van der Waals surface area contributed by atoms with Crippen molar-refractivity contribution in [1.82, 2.24) is 0 Å². The normalized spacial score (nSPS) is 11.9. The van der Waals surface area contributed by atoms with E-state index in [0.717, 1.165) is 11.3 Å². The molecule has 1 rings (SSSR count). The van der Waals surface area contributed by atoms with Crippen LogP contribution in [-0.2, 0) is 9.53 Å². The van der Waals surface area contributed by atoms with Crippen molar-refractivity contribution in [2.24, 2.45) is 5.73 Å². The third-order valence-corrected chi connectivity index (χ3v) is 2.43. The molecule has 0 spiro atoms. The molecule has 0 aliphatic rings. The van der Waals surface area contributed by atoms with Crippen molar-refractivity contribution in [3.05, 3.63) is 29.8 Å². The number of hydrogen-bond donors (Lipinski definition) is 1. The molecule has 1 atom stereocenters. The standard InChI is InChI=1S/C13H19NO3/c1-10(14)11-5-7-12(8-6-11)17-9-3-4-13(15)16-2/h5-8,10H,3-4,9,14H2,1-2H3. The van der Waals surface area contributed by atoms with Crippen LogP contribution in [0.25, 0.3) is 0 Å². The Kier molecular flexibility index (Phi) is 5.49. The third-order valence-electron chi connectivity index (χ3n) is 2.43. The minimum absolute atomic E-state index is 0.0309. The Balaban J connectivity index is 2.30. The fraction of sp³-hybridized carbons (Fsp3) is 0.462. The lowest BCUT2D eigenvalue weighted by molar-refractivity contribution is -0.140. The molecule has 0 aromatic heterocycles. The zero-order valence-electron chi connectivity index (χ0n) is 10.3. The molecule has 4 heteroatoms. The Bertz CT molecular complexity index is 346. The van der Waals surface area contributed by atoms with E-state index in [4.69, 9.17) is 10.5 Å². The summed E-state index contributed by atoms with van der Waals surface area (Å²) in [6, 6.07) is 7.69. The van der Waals surface area contributed by atoms with E-state index < -0.39 is 0 Å². The molecule has 1 aromatic carbocycles. The lowest BCUT2D eigenvalue weighted by Crippen LogP contribution is -2.06. The van der Waals surface area contributed by atoms with E-state index in [1.807, 2.05) is 31.2 Å². The van der Waals surface area contributed by atoms with Gasteiger partial charge >= 0.3 is 5.97 Å². The number of rotatable bonds is 6. The largest absolute Gasteiger partial charge is 0.494 e. The highest BCUT2D eigenvalue weighted by Gasteiger charge is 2.01. The van der Waals surface area contributed by atoms with E-state index in [0.29, 0.717) is 19.4 Å². The number of methoxy groups -OCH3 is 1. The van der Waals surface area contributed by atoms with Crippen LogP contribution < -0.4 is 10.5 Å². The van der Waals surface area contributed by atoms with Gasteiger partial charge in [0.15, 0.2) is 0 Å². The van der Waals surface area contributed by atoms with Crippen LogP contribution in [-0.4, -0.2) is 19.7 Å². The summed E-state index contributed by atoms with van der Waals surface area (Å²) in [6.45, 7) is 2.44. The van der Waals surface area contributed by atoms with Crippen LogP contribution in [0.15, 0.2) is 24.3 Å². The SMILES string of the molecule is COC(=O)CCCOc1ccc(C(C)N)cc1. The summed E-state index contributed by atoms with van der Waals surface area (Å²) >= 11 is 0. The summed E-state index contributed by atoms with van der Waals surface area (Å²) in [5.74, 6) is 0.583. The smallest absolute Gasteiger partial charge is 0.305 e. The lowest BCUT2D eigenvalue weighted by atomic mass is 10.1. The molecule has 94 valence electrons. The molecular formula is C13H19NO3. The zero-order chi connectivity index (χ0) is 12.7. The van der Waals surface area contributed by atoms with Crippen molar-refractivity contribution in [3.63, 3.8) is 0 Å². The summed E-state index contributed by atoms with van der Waals surface area (Å²) in [5.41, 5.74) is 6.82. The molecule has 0 saturated carbocycles. The Morgan fingerprint density at radius 3 is 2.53 bits per heavy atom. The highest BCUT2D eigenvalue weighted by atomic mass is 16.5. The van der Waals surface area contributed by atoms with E-state index in [1.165, 1.54) is 7.11 Å². The second-order valence-corrected chi connectivity index (χ2v) is 3.89. The van der Waals surface area contributed by atoms with Crippen LogP contribution >= 0.6 is 0 Å². The van der Waals surface area contributed by atoms with Crippen LogP contribution in [0, 0.1) is 0 Å². The number of benzene rings is 1. The Hall–Kier alpha value is -1.55. The molecule has 4 nitrogen and oxygen atoms in total. The summed E-state index contributed by atoms with van der Waals surface area (Å²) in [6.07, 6.45) is 1.04. The summed E-state index contributed by atoms with van der Waals surface area (Å²) in [7, 11) is 1.38. The summed E-state index contributed by atoms with van der Waals surface area (Å²) in [4.78, 5) is 10.9. The van der Waals surface area contributed by atoms with Crippen LogP contribution in [0.4, 0.5) is 0 Å². The molecular weight excluding hydrogens is 218 g/mol. The summed E-state index contributed by atoms with van der Waals surface area (Å²) in [5, 5.41) is 0. The monoisotopic (exact) mass is 237 g/mol. The van der Waals surface area contributed by atoms with Gasteiger partial charge in [0.2, 0.25) is 0 Å². The Morgan fingerprint density at radius 2 is 2.00 bits per heavy atom. The topological polar surface area (TPSA) is 61.5 Å². The first kappa shape index (κ1) is 13.5. The van der Waals surface area contributed by atoms with E-state index in [9.17, 15) is 4.79 Å². The van der Waals surface area contributed by atoms with Gasteiger partial charge in [-0.3, -0.25) is 4.79 Å². The second kappa shape index (κ2) is 6.91. The van der Waals surface area contributed by atoms with Gasteiger partial charge in [-0.05, 0) is 31.0 Å². The van der Waals surface area contributed by atoms with Gasteiger partial charge in [0.05, 0.1) is 13.7 Å². The molecule has 1 aromatic rings. The minimum Gasteiger partial charge on any atom is -0.494 e. The number of nitrogens with two attached hydrogens (primary N) is 1. The van der Waals surface area contributed by atoms with Crippen molar-refractivity contribution >= 4 is 5.97 Å². The van der Waals surface area contributed by atoms with Gasteiger partial charge in [0.1, 0.15) is 5.75 Å². The number of carbonyl (C=O) groups excluding carboxylic acids is 1. The highest BCUT2D eigenvalue weighted by molar-refractivity contribution is 5.69. The van der Waals surface area contributed by atoms with E-state index in [-0.39, 0.29) is 12.0 Å². The molecule has 17 heavy (non-hydrogen) atoms. The number of carbonyl (C=O) groups is 1. The molecule has 0 fully saturated rings. The van der Waals surface area contributed by atoms with E-state index in [1.54, 1.807) is 0 Å². The molecule has 0 aliphatic carbocycles. The maximum Gasteiger partial charge on any atom is 0.305 e. The van der Waals surface area contributed by atoms with Crippen LogP contribution in [0.1, 0.15) is 31.4 Å².